The van der Waals surface area contributed by atoms with E-state index in [0.29, 0.717) is 13.0 Å². The molecule has 2 rings (SSSR count). The molecule has 4 heteroatoms. The highest BCUT2D eigenvalue weighted by molar-refractivity contribution is 9.11. The molecular weight excluding hydrogens is 312 g/mol. The molecule has 0 aliphatic heterocycles. The van der Waals surface area contributed by atoms with Gasteiger partial charge >= 0.3 is 0 Å². The average molecular weight is 327 g/mol. The first-order chi connectivity index (χ1) is 8.70. The van der Waals surface area contributed by atoms with Crippen LogP contribution in [0.25, 0.3) is 0 Å². The molecule has 0 spiro atoms. The number of para-hydroxylation sites is 1. The number of rotatable bonds is 5. The van der Waals surface area contributed by atoms with Crippen LogP contribution < -0.4 is 4.74 Å². The standard InChI is InChI=1S/C14H15BrO2S/c1-2-17-13-6-4-3-5-11(13)12(16)9-10-7-8-14(15)18-10/h3-8,12,16H,2,9H2,1H3. The molecule has 0 aliphatic carbocycles. The summed E-state index contributed by atoms with van der Waals surface area (Å²) < 4.78 is 6.62. The molecule has 1 aromatic carbocycles. The number of thiophene rings is 1. The van der Waals surface area contributed by atoms with Crippen molar-refractivity contribution < 1.29 is 9.84 Å². The normalized spacial score (nSPS) is 12.4. The Hall–Kier alpha value is -0.840. The predicted molar refractivity (Wildman–Crippen MR) is 78.3 cm³/mol. The first-order valence-corrected chi connectivity index (χ1v) is 7.45. The van der Waals surface area contributed by atoms with Gasteiger partial charge in [0.15, 0.2) is 0 Å². The highest BCUT2D eigenvalue weighted by Gasteiger charge is 2.14. The van der Waals surface area contributed by atoms with Gasteiger partial charge in [-0.2, -0.15) is 0 Å². The molecule has 96 valence electrons. The Bertz CT molecular complexity index is 510. The summed E-state index contributed by atoms with van der Waals surface area (Å²) in [6.45, 7) is 2.55. The van der Waals surface area contributed by atoms with E-state index in [1.807, 2.05) is 43.3 Å². The molecule has 1 heterocycles. The lowest BCUT2D eigenvalue weighted by Crippen LogP contribution is -2.04. The summed E-state index contributed by atoms with van der Waals surface area (Å²) in [5.41, 5.74) is 0.851. The molecule has 1 atom stereocenters. The van der Waals surface area contributed by atoms with E-state index in [9.17, 15) is 5.11 Å². The van der Waals surface area contributed by atoms with Gasteiger partial charge in [0.2, 0.25) is 0 Å². The Labute approximate surface area is 119 Å². The van der Waals surface area contributed by atoms with Crippen molar-refractivity contribution >= 4 is 27.3 Å². The fourth-order valence-electron chi connectivity index (χ4n) is 1.80. The summed E-state index contributed by atoms with van der Waals surface area (Å²) in [4.78, 5) is 1.15. The van der Waals surface area contributed by atoms with Gasteiger partial charge in [-0.3, -0.25) is 0 Å². The van der Waals surface area contributed by atoms with Crippen molar-refractivity contribution in [3.05, 3.63) is 50.6 Å². The van der Waals surface area contributed by atoms with Gasteiger partial charge in [0.25, 0.3) is 0 Å². The Morgan fingerprint density at radius 3 is 2.72 bits per heavy atom. The summed E-state index contributed by atoms with van der Waals surface area (Å²) in [6, 6.07) is 11.7. The molecule has 0 radical (unpaired) electrons. The predicted octanol–water partition coefficient (Wildman–Crippen LogP) is 4.19. The van der Waals surface area contributed by atoms with Crippen LogP contribution in [0.5, 0.6) is 5.75 Å². The van der Waals surface area contributed by atoms with Crippen molar-refractivity contribution in [1.82, 2.24) is 0 Å². The number of benzene rings is 1. The molecule has 2 aromatic rings. The van der Waals surface area contributed by atoms with Gasteiger partial charge in [-0.05, 0) is 41.1 Å². The summed E-state index contributed by atoms with van der Waals surface area (Å²) in [7, 11) is 0. The fraction of sp³-hybridized carbons (Fsp3) is 0.286. The zero-order chi connectivity index (χ0) is 13.0. The van der Waals surface area contributed by atoms with Crippen LogP contribution >= 0.6 is 27.3 Å². The van der Waals surface area contributed by atoms with Crippen molar-refractivity contribution in [3.8, 4) is 5.75 Å². The number of hydrogen-bond acceptors (Lipinski definition) is 3. The van der Waals surface area contributed by atoms with Crippen LogP contribution in [-0.2, 0) is 6.42 Å². The molecular formula is C14H15BrO2S. The maximum absolute atomic E-state index is 10.3. The number of aliphatic hydroxyl groups excluding tert-OH is 1. The number of halogens is 1. The lowest BCUT2D eigenvalue weighted by atomic mass is 10.0. The Morgan fingerprint density at radius 2 is 2.06 bits per heavy atom. The van der Waals surface area contributed by atoms with E-state index in [-0.39, 0.29) is 0 Å². The fourth-order valence-corrected chi connectivity index (χ4v) is 3.32. The smallest absolute Gasteiger partial charge is 0.125 e. The maximum Gasteiger partial charge on any atom is 0.125 e. The van der Waals surface area contributed by atoms with Crippen LogP contribution in [0.3, 0.4) is 0 Å². The lowest BCUT2D eigenvalue weighted by molar-refractivity contribution is 0.173. The largest absolute Gasteiger partial charge is 0.493 e. The van der Waals surface area contributed by atoms with Gasteiger partial charge in [0, 0.05) is 16.9 Å². The van der Waals surface area contributed by atoms with Gasteiger partial charge in [0.1, 0.15) is 5.75 Å². The zero-order valence-electron chi connectivity index (χ0n) is 10.1. The van der Waals surface area contributed by atoms with E-state index in [1.54, 1.807) is 11.3 Å². The summed E-state index contributed by atoms with van der Waals surface area (Å²) in [5.74, 6) is 0.767. The van der Waals surface area contributed by atoms with Crippen LogP contribution in [-0.4, -0.2) is 11.7 Å². The van der Waals surface area contributed by atoms with Crippen molar-refractivity contribution in [2.24, 2.45) is 0 Å². The molecule has 0 saturated carbocycles. The lowest BCUT2D eigenvalue weighted by Gasteiger charge is -2.14. The molecule has 0 bridgehead atoms. The van der Waals surface area contributed by atoms with E-state index < -0.39 is 6.10 Å². The number of hydrogen-bond donors (Lipinski definition) is 1. The van der Waals surface area contributed by atoms with Crippen LogP contribution in [0.15, 0.2) is 40.2 Å². The molecule has 18 heavy (non-hydrogen) atoms. The molecule has 1 unspecified atom stereocenters. The molecule has 1 N–H and O–H groups in total. The third-order valence-corrected chi connectivity index (χ3v) is 4.25. The van der Waals surface area contributed by atoms with E-state index >= 15 is 0 Å². The quantitative estimate of drug-likeness (QED) is 0.892. The van der Waals surface area contributed by atoms with Crippen molar-refractivity contribution in [2.75, 3.05) is 6.61 Å². The van der Waals surface area contributed by atoms with Gasteiger partial charge in [0.05, 0.1) is 16.5 Å². The first kappa shape index (κ1) is 13.6. The third-order valence-electron chi connectivity index (χ3n) is 2.60. The Morgan fingerprint density at radius 1 is 1.28 bits per heavy atom. The summed E-state index contributed by atoms with van der Waals surface area (Å²) >= 11 is 5.08. The Balaban J connectivity index is 2.15. The molecule has 1 aromatic heterocycles. The topological polar surface area (TPSA) is 29.5 Å². The SMILES string of the molecule is CCOc1ccccc1C(O)Cc1ccc(Br)s1. The van der Waals surface area contributed by atoms with Crippen LogP contribution in [0.1, 0.15) is 23.5 Å². The van der Waals surface area contributed by atoms with E-state index in [1.165, 1.54) is 0 Å². The van der Waals surface area contributed by atoms with Gasteiger partial charge < -0.3 is 9.84 Å². The third kappa shape index (κ3) is 3.34. The van der Waals surface area contributed by atoms with Crippen LogP contribution in [0.4, 0.5) is 0 Å². The molecule has 0 saturated heterocycles. The highest BCUT2D eigenvalue weighted by Crippen LogP contribution is 2.30. The van der Waals surface area contributed by atoms with Gasteiger partial charge in [-0.15, -0.1) is 11.3 Å². The summed E-state index contributed by atoms with van der Waals surface area (Å²) in [6.07, 6.45) is 0.0821. The minimum Gasteiger partial charge on any atom is -0.493 e. The van der Waals surface area contributed by atoms with Crippen molar-refractivity contribution in [2.45, 2.75) is 19.4 Å². The molecule has 2 nitrogen and oxygen atoms in total. The van der Waals surface area contributed by atoms with E-state index in [4.69, 9.17) is 4.74 Å². The monoisotopic (exact) mass is 326 g/mol. The van der Waals surface area contributed by atoms with E-state index in [2.05, 4.69) is 15.9 Å². The second-order valence-electron chi connectivity index (χ2n) is 3.90. The van der Waals surface area contributed by atoms with Gasteiger partial charge in [-0.1, -0.05) is 18.2 Å². The second-order valence-corrected chi connectivity index (χ2v) is 6.44. The van der Waals surface area contributed by atoms with Gasteiger partial charge in [-0.25, -0.2) is 0 Å². The second kappa shape index (κ2) is 6.36. The minimum absolute atomic E-state index is 0.529. The number of aliphatic hydroxyl groups is 1. The average Bonchev–Trinajstić information content (AvgIpc) is 2.76. The Kier molecular flexibility index (Phi) is 4.80. The van der Waals surface area contributed by atoms with Crippen LogP contribution in [0.2, 0.25) is 0 Å². The molecule has 0 aliphatic rings. The maximum atomic E-state index is 10.3. The highest BCUT2D eigenvalue weighted by atomic mass is 79.9. The molecule has 0 fully saturated rings. The molecule has 0 amide bonds. The minimum atomic E-state index is -0.529. The summed E-state index contributed by atoms with van der Waals surface area (Å²) in [5, 5.41) is 10.3. The van der Waals surface area contributed by atoms with Crippen molar-refractivity contribution in [1.29, 1.82) is 0 Å². The van der Waals surface area contributed by atoms with Crippen molar-refractivity contribution in [3.63, 3.8) is 0 Å². The van der Waals surface area contributed by atoms with E-state index in [0.717, 1.165) is 20.0 Å². The zero-order valence-corrected chi connectivity index (χ0v) is 12.5. The first-order valence-electron chi connectivity index (χ1n) is 5.84. The van der Waals surface area contributed by atoms with Crippen LogP contribution in [0, 0.1) is 0 Å². The number of ether oxygens (including phenoxy) is 1.